The Bertz CT molecular complexity index is 389. The van der Waals surface area contributed by atoms with Crippen molar-refractivity contribution in [1.29, 1.82) is 0 Å². The van der Waals surface area contributed by atoms with Crippen molar-refractivity contribution in [2.45, 2.75) is 39.8 Å². The highest BCUT2D eigenvalue weighted by atomic mass is 16.3. The van der Waals surface area contributed by atoms with E-state index in [1.165, 1.54) is 16.7 Å². The summed E-state index contributed by atoms with van der Waals surface area (Å²) in [6.45, 7) is 9.32. The van der Waals surface area contributed by atoms with Gasteiger partial charge in [-0.05, 0) is 49.4 Å². The average Bonchev–Trinajstić information content (AvgIpc) is 2.29. The van der Waals surface area contributed by atoms with E-state index in [-0.39, 0.29) is 6.10 Å². The Morgan fingerprint density at radius 3 is 2.71 bits per heavy atom. The van der Waals surface area contributed by atoms with Gasteiger partial charge in [0, 0.05) is 13.1 Å². The van der Waals surface area contributed by atoms with Gasteiger partial charge in [-0.3, -0.25) is 4.90 Å². The van der Waals surface area contributed by atoms with Crippen LogP contribution in [0.25, 0.3) is 0 Å². The van der Waals surface area contributed by atoms with Crippen LogP contribution in [0.15, 0.2) is 18.2 Å². The summed E-state index contributed by atoms with van der Waals surface area (Å²) in [6, 6.07) is 6.65. The zero-order valence-electron chi connectivity index (χ0n) is 11.1. The number of aryl methyl sites for hydroxylation is 2. The lowest BCUT2D eigenvalue weighted by Gasteiger charge is -2.34. The summed E-state index contributed by atoms with van der Waals surface area (Å²) in [6.07, 6.45) is 0.946. The van der Waals surface area contributed by atoms with Crippen molar-refractivity contribution in [3.8, 4) is 0 Å². The number of rotatable bonds is 2. The van der Waals surface area contributed by atoms with Gasteiger partial charge < -0.3 is 5.11 Å². The van der Waals surface area contributed by atoms with Crippen LogP contribution in [0.2, 0.25) is 0 Å². The third-order valence-electron chi connectivity index (χ3n) is 3.98. The predicted molar refractivity (Wildman–Crippen MR) is 71.0 cm³/mol. The van der Waals surface area contributed by atoms with Crippen LogP contribution in [0.1, 0.15) is 30.0 Å². The Kier molecular flexibility index (Phi) is 3.85. The zero-order chi connectivity index (χ0) is 12.4. The van der Waals surface area contributed by atoms with E-state index >= 15 is 0 Å². The Hall–Kier alpha value is -0.860. The number of hydrogen-bond donors (Lipinski definition) is 1. The molecule has 1 N–H and O–H groups in total. The molecule has 1 aliphatic heterocycles. The molecule has 1 aliphatic rings. The van der Waals surface area contributed by atoms with Gasteiger partial charge in [0.2, 0.25) is 0 Å². The highest BCUT2D eigenvalue weighted by Gasteiger charge is 2.23. The molecule has 2 rings (SSSR count). The van der Waals surface area contributed by atoms with Crippen LogP contribution >= 0.6 is 0 Å². The molecule has 1 aromatic carbocycles. The first-order valence-electron chi connectivity index (χ1n) is 6.53. The first-order chi connectivity index (χ1) is 8.06. The molecule has 0 amide bonds. The van der Waals surface area contributed by atoms with E-state index in [0.717, 1.165) is 26.1 Å². The number of hydrogen-bond acceptors (Lipinski definition) is 2. The molecule has 0 aliphatic carbocycles. The Morgan fingerprint density at radius 1 is 1.29 bits per heavy atom. The SMILES string of the molecule is Cc1ccc(CN2CCC(C)C(O)C2)cc1C. The smallest absolute Gasteiger partial charge is 0.0693 e. The molecule has 17 heavy (non-hydrogen) atoms. The second-order valence-corrected chi connectivity index (χ2v) is 5.49. The summed E-state index contributed by atoms with van der Waals surface area (Å²) in [4.78, 5) is 2.36. The number of β-amino-alcohol motifs (C(OH)–C–C–N with tert-alkyl or cyclic N) is 1. The Morgan fingerprint density at radius 2 is 2.06 bits per heavy atom. The fourth-order valence-corrected chi connectivity index (χ4v) is 2.42. The average molecular weight is 233 g/mol. The lowest BCUT2D eigenvalue weighted by Crippen LogP contribution is -2.42. The van der Waals surface area contributed by atoms with E-state index in [1.807, 2.05) is 0 Å². The van der Waals surface area contributed by atoms with Crippen molar-refractivity contribution in [2.24, 2.45) is 5.92 Å². The van der Waals surface area contributed by atoms with E-state index in [1.54, 1.807) is 0 Å². The topological polar surface area (TPSA) is 23.5 Å². The molecule has 2 nitrogen and oxygen atoms in total. The van der Waals surface area contributed by atoms with Crippen LogP contribution in [-0.2, 0) is 6.54 Å². The molecule has 0 saturated carbocycles. The summed E-state index contributed by atoms with van der Waals surface area (Å²) in [5.74, 6) is 0.450. The molecule has 0 aromatic heterocycles. The Balaban J connectivity index is 1.99. The van der Waals surface area contributed by atoms with Gasteiger partial charge in [0.1, 0.15) is 0 Å². The van der Waals surface area contributed by atoms with Crippen molar-refractivity contribution in [3.05, 3.63) is 34.9 Å². The molecule has 1 heterocycles. The molecule has 1 saturated heterocycles. The van der Waals surface area contributed by atoms with Gasteiger partial charge in [-0.25, -0.2) is 0 Å². The van der Waals surface area contributed by atoms with Gasteiger partial charge in [0.05, 0.1) is 6.10 Å². The van der Waals surface area contributed by atoms with E-state index in [4.69, 9.17) is 0 Å². The summed E-state index contributed by atoms with van der Waals surface area (Å²) in [5, 5.41) is 9.88. The molecule has 0 spiro atoms. The number of aliphatic hydroxyl groups excluding tert-OH is 1. The standard InChI is InChI=1S/C15H23NO/c1-11-4-5-14(8-13(11)3)9-16-7-6-12(2)15(17)10-16/h4-5,8,12,15,17H,6-7,9-10H2,1-3H3. The monoisotopic (exact) mass is 233 g/mol. The van der Waals surface area contributed by atoms with E-state index < -0.39 is 0 Å². The Labute approximate surface area is 104 Å². The van der Waals surface area contributed by atoms with Gasteiger partial charge in [0.15, 0.2) is 0 Å². The molecule has 2 unspecified atom stereocenters. The number of piperidine rings is 1. The summed E-state index contributed by atoms with van der Waals surface area (Å²) in [5.41, 5.74) is 4.06. The highest BCUT2D eigenvalue weighted by molar-refractivity contribution is 5.29. The van der Waals surface area contributed by atoms with Crippen molar-refractivity contribution < 1.29 is 5.11 Å². The maximum atomic E-state index is 9.88. The molecule has 1 fully saturated rings. The summed E-state index contributed by atoms with van der Waals surface area (Å²) >= 11 is 0. The van der Waals surface area contributed by atoms with Crippen molar-refractivity contribution in [1.82, 2.24) is 4.90 Å². The maximum absolute atomic E-state index is 9.88. The van der Waals surface area contributed by atoms with Gasteiger partial charge in [0.25, 0.3) is 0 Å². The van der Waals surface area contributed by atoms with E-state index in [2.05, 4.69) is 43.9 Å². The van der Waals surface area contributed by atoms with Crippen LogP contribution in [0, 0.1) is 19.8 Å². The largest absolute Gasteiger partial charge is 0.392 e. The highest BCUT2D eigenvalue weighted by Crippen LogP contribution is 2.19. The first-order valence-corrected chi connectivity index (χ1v) is 6.53. The van der Waals surface area contributed by atoms with Gasteiger partial charge in [-0.15, -0.1) is 0 Å². The molecule has 94 valence electrons. The molecule has 2 atom stereocenters. The number of benzene rings is 1. The second kappa shape index (κ2) is 5.19. The van der Waals surface area contributed by atoms with Crippen molar-refractivity contribution in [2.75, 3.05) is 13.1 Å². The van der Waals surface area contributed by atoms with Crippen LogP contribution in [-0.4, -0.2) is 29.2 Å². The predicted octanol–water partition coefficient (Wildman–Crippen LogP) is 2.51. The normalized spacial score (nSPS) is 26.1. The van der Waals surface area contributed by atoms with E-state index in [9.17, 15) is 5.11 Å². The fraction of sp³-hybridized carbons (Fsp3) is 0.600. The molecule has 1 aromatic rings. The van der Waals surface area contributed by atoms with Crippen LogP contribution in [0.3, 0.4) is 0 Å². The summed E-state index contributed by atoms with van der Waals surface area (Å²) < 4.78 is 0. The number of nitrogens with zero attached hydrogens (tertiary/aromatic N) is 1. The van der Waals surface area contributed by atoms with Crippen molar-refractivity contribution >= 4 is 0 Å². The van der Waals surface area contributed by atoms with E-state index in [0.29, 0.717) is 5.92 Å². The molecular weight excluding hydrogens is 210 g/mol. The number of aliphatic hydroxyl groups is 1. The minimum absolute atomic E-state index is 0.157. The van der Waals surface area contributed by atoms with Gasteiger partial charge in [-0.2, -0.15) is 0 Å². The third-order valence-corrected chi connectivity index (χ3v) is 3.98. The van der Waals surface area contributed by atoms with Crippen LogP contribution in [0.5, 0.6) is 0 Å². The van der Waals surface area contributed by atoms with Gasteiger partial charge >= 0.3 is 0 Å². The molecule has 0 bridgehead atoms. The minimum atomic E-state index is -0.157. The number of likely N-dealkylation sites (tertiary alicyclic amines) is 1. The minimum Gasteiger partial charge on any atom is -0.392 e. The molecular formula is C15H23NO. The van der Waals surface area contributed by atoms with Gasteiger partial charge in [-0.1, -0.05) is 25.1 Å². The van der Waals surface area contributed by atoms with Crippen molar-refractivity contribution in [3.63, 3.8) is 0 Å². The summed E-state index contributed by atoms with van der Waals surface area (Å²) in [7, 11) is 0. The quantitative estimate of drug-likeness (QED) is 0.848. The molecule has 0 radical (unpaired) electrons. The maximum Gasteiger partial charge on any atom is 0.0693 e. The first kappa shape index (κ1) is 12.6. The zero-order valence-corrected chi connectivity index (χ0v) is 11.1. The third kappa shape index (κ3) is 3.08. The van der Waals surface area contributed by atoms with Crippen LogP contribution < -0.4 is 0 Å². The fourth-order valence-electron chi connectivity index (χ4n) is 2.42. The second-order valence-electron chi connectivity index (χ2n) is 5.49. The molecule has 2 heteroatoms. The lowest BCUT2D eigenvalue weighted by atomic mass is 9.95. The van der Waals surface area contributed by atoms with Crippen LogP contribution in [0.4, 0.5) is 0 Å². The lowest BCUT2D eigenvalue weighted by molar-refractivity contribution is 0.0259.